The van der Waals surface area contributed by atoms with Crippen LogP contribution in [0.5, 0.6) is 0 Å². The zero-order valence-corrected chi connectivity index (χ0v) is 15.1. The monoisotopic (exact) mass is 371 g/mol. The van der Waals surface area contributed by atoms with Crippen molar-refractivity contribution in [2.24, 2.45) is 0 Å². The van der Waals surface area contributed by atoms with Gasteiger partial charge in [-0.25, -0.2) is 9.78 Å². The molecule has 3 N–H and O–H groups in total. The van der Waals surface area contributed by atoms with Crippen LogP contribution in [0.3, 0.4) is 0 Å². The number of nitrogens with zero attached hydrogens (tertiary/aromatic N) is 1. The number of hydrogen-bond donors (Lipinski definition) is 3. The van der Waals surface area contributed by atoms with E-state index in [4.69, 9.17) is 5.11 Å². The molecule has 0 atom stereocenters. The summed E-state index contributed by atoms with van der Waals surface area (Å²) in [5.41, 5.74) is 1.38. The molecular weight excluding hydrogens is 354 g/mol. The van der Waals surface area contributed by atoms with Gasteiger partial charge in [-0.2, -0.15) is 0 Å². The lowest BCUT2D eigenvalue weighted by Gasteiger charge is -2.05. The number of H-pyrrole nitrogens is 1. The summed E-state index contributed by atoms with van der Waals surface area (Å²) >= 11 is 1.45. The number of benzene rings is 1. The maximum Gasteiger partial charge on any atom is 0.335 e. The Labute approximate surface area is 152 Å². The van der Waals surface area contributed by atoms with Crippen molar-refractivity contribution in [3.05, 3.63) is 56.4 Å². The van der Waals surface area contributed by atoms with Crippen LogP contribution >= 0.6 is 11.3 Å². The average molecular weight is 371 g/mol. The molecule has 0 aliphatic heterocycles. The normalized spacial score (nSPS) is 10.8. The third-order valence-corrected chi connectivity index (χ3v) is 5.05. The summed E-state index contributed by atoms with van der Waals surface area (Å²) in [6.45, 7) is 3.95. The Morgan fingerprint density at radius 1 is 1.27 bits per heavy atom. The molecule has 0 fully saturated rings. The van der Waals surface area contributed by atoms with Crippen molar-refractivity contribution in [2.75, 3.05) is 5.32 Å². The lowest BCUT2D eigenvalue weighted by atomic mass is 10.1. The number of anilines is 1. The van der Waals surface area contributed by atoms with E-state index in [-0.39, 0.29) is 23.5 Å². The van der Waals surface area contributed by atoms with Crippen LogP contribution in [-0.4, -0.2) is 27.0 Å². The second-order valence-electron chi connectivity index (χ2n) is 5.79. The number of aromatic nitrogens is 2. The molecule has 0 saturated heterocycles. The molecule has 0 spiro atoms. The van der Waals surface area contributed by atoms with E-state index in [2.05, 4.69) is 15.3 Å². The summed E-state index contributed by atoms with van der Waals surface area (Å²) in [6.07, 6.45) is 0.674. The molecule has 1 amide bonds. The summed E-state index contributed by atoms with van der Waals surface area (Å²) < 4.78 is 0. The number of aromatic amines is 1. The first-order chi connectivity index (χ1) is 12.4. The molecule has 0 unspecified atom stereocenters. The molecule has 8 heteroatoms. The number of aryl methyl sites for hydroxylation is 2. The van der Waals surface area contributed by atoms with Crippen LogP contribution in [0.2, 0.25) is 0 Å². The van der Waals surface area contributed by atoms with Gasteiger partial charge in [-0.05, 0) is 43.2 Å². The Morgan fingerprint density at radius 3 is 2.58 bits per heavy atom. The molecule has 3 aromatic rings. The van der Waals surface area contributed by atoms with Gasteiger partial charge in [0.2, 0.25) is 5.91 Å². The first-order valence-corrected chi connectivity index (χ1v) is 8.85. The zero-order chi connectivity index (χ0) is 18.8. The van der Waals surface area contributed by atoms with Gasteiger partial charge in [0.05, 0.1) is 17.4 Å². The Morgan fingerprint density at radius 2 is 1.96 bits per heavy atom. The van der Waals surface area contributed by atoms with Crippen molar-refractivity contribution in [1.82, 2.24) is 9.97 Å². The van der Waals surface area contributed by atoms with E-state index < -0.39 is 5.97 Å². The molecule has 0 radical (unpaired) electrons. The summed E-state index contributed by atoms with van der Waals surface area (Å²) in [5.74, 6) is -1.08. The number of carbonyl (C=O) groups excluding carboxylic acids is 1. The lowest BCUT2D eigenvalue weighted by molar-refractivity contribution is -0.115. The van der Waals surface area contributed by atoms with Gasteiger partial charge in [0.25, 0.3) is 5.56 Å². The number of carboxylic acid groups (broad SMARTS) is 1. The van der Waals surface area contributed by atoms with Crippen LogP contribution in [0.1, 0.15) is 33.5 Å². The second-order valence-corrected chi connectivity index (χ2v) is 6.99. The van der Waals surface area contributed by atoms with E-state index >= 15 is 0 Å². The first-order valence-electron chi connectivity index (χ1n) is 8.03. The molecule has 26 heavy (non-hydrogen) atoms. The van der Waals surface area contributed by atoms with Crippen LogP contribution in [0.15, 0.2) is 29.1 Å². The van der Waals surface area contributed by atoms with E-state index in [0.29, 0.717) is 21.7 Å². The Kier molecular flexibility index (Phi) is 4.85. The number of hydrogen-bond acceptors (Lipinski definition) is 5. The van der Waals surface area contributed by atoms with E-state index in [1.54, 1.807) is 0 Å². The predicted octanol–water partition coefficient (Wildman–Crippen LogP) is 2.73. The fourth-order valence-electron chi connectivity index (χ4n) is 2.78. The van der Waals surface area contributed by atoms with Gasteiger partial charge >= 0.3 is 5.97 Å². The van der Waals surface area contributed by atoms with Gasteiger partial charge in [-0.3, -0.25) is 9.59 Å². The predicted molar refractivity (Wildman–Crippen MR) is 100 cm³/mol. The Hall–Kier alpha value is -3.00. The quantitative estimate of drug-likeness (QED) is 0.638. The maximum atomic E-state index is 12.4. The number of carboxylic acids is 1. The highest BCUT2D eigenvalue weighted by atomic mass is 32.1. The molecule has 2 aromatic heterocycles. The number of nitrogens with one attached hydrogen (secondary N) is 2. The van der Waals surface area contributed by atoms with Gasteiger partial charge in [0.15, 0.2) is 0 Å². The average Bonchev–Trinajstić information content (AvgIpc) is 2.90. The van der Waals surface area contributed by atoms with Crippen molar-refractivity contribution in [3.63, 3.8) is 0 Å². The standard InChI is InChI=1S/C18H17N3O4S/c1-3-12-9(2)26-17-15(12)16(23)20-13(21-17)8-14(22)19-11-6-4-10(5-7-11)18(24)25/h4-7H,3,8H2,1-2H3,(H,19,22)(H,24,25)(H,20,21,23). The number of amides is 1. The van der Waals surface area contributed by atoms with Gasteiger partial charge in [-0.1, -0.05) is 6.92 Å². The molecule has 134 valence electrons. The van der Waals surface area contributed by atoms with Crippen molar-refractivity contribution < 1.29 is 14.7 Å². The van der Waals surface area contributed by atoms with Crippen LogP contribution in [0.25, 0.3) is 10.2 Å². The molecule has 7 nitrogen and oxygen atoms in total. The number of rotatable bonds is 5. The smallest absolute Gasteiger partial charge is 0.335 e. The van der Waals surface area contributed by atoms with E-state index in [0.717, 1.165) is 16.9 Å². The fraction of sp³-hybridized carbons (Fsp3) is 0.222. The molecular formula is C18H17N3O4S. The molecule has 1 aromatic carbocycles. The number of aromatic carboxylic acids is 1. The number of thiophene rings is 1. The highest BCUT2D eigenvalue weighted by molar-refractivity contribution is 7.18. The summed E-state index contributed by atoms with van der Waals surface area (Å²) in [5, 5.41) is 12.1. The minimum absolute atomic E-state index is 0.0791. The van der Waals surface area contributed by atoms with Gasteiger partial charge in [-0.15, -0.1) is 11.3 Å². The van der Waals surface area contributed by atoms with Crippen molar-refractivity contribution in [1.29, 1.82) is 0 Å². The van der Waals surface area contributed by atoms with Gasteiger partial charge in [0.1, 0.15) is 10.7 Å². The SMILES string of the molecule is CCc1c(C)sc2nc(CC(=O)Nc3ccc(C(=O)O)cc3)[nH]c(=O)c12. The minimum Gasteiger partial charge on any atom is -0.478 e. The Balaban J connectivity index is 1.79. The van der Waals surface area contributed by atoms with Crippen molar-refractivity contribution >= 4 is 39.1 Å². The van der Waals surface area contributed by atoms with Gasteiger partial charge in [0, 0.05) is 10.6 Å². The largest absolute Gasteiger partial charge is 0.478 e. The Bertz CT molecular complexity index is 1050. The maximum absolute atomic E-state index is 12.4. The third kappa shape index (κ3) is 3.50. The van der Waals surface area contributed by atoms with Crippen LogP contribution in [-0.2, 0) is 17.6 Å². The summed E-state index contributed by atoms with van der Waals surface area (Å²) in [6, 6.07) is 5.84. The highest BCUT2D eigenvalue weighted by Gasteiger charge is 2.15. The topological polar surface area (TPSA) is 112 Å². The molecule has 0 bridgehead atoms. The molecule has 0 aliphatic rings. The molecule has 0 saturated carbocycles. The van der Waals surface area contributed by atoms with Gasteiger partial charge < -0.3 is 15.4 Å². The molecule has 0 aliphatic carbocycles. The van der Waals surface area contributed by atoms with Crippen LogP contribution < -0.4 is 10.9 Å². The fourth-order valence-corrected chi connectivity index (χ4v) is 3.92. The van der Waals surface area contributed by atoms with Crippen LogP contribution in [0, 0.1) is 6.92 Å². The van der Waals surface area contributed by atoms with E-state index in [9.17, 15) is 14.4 Å². The number of carbonyl (C=O) groups is 2. The van der Waals surface area contributed by atoms with E-state index in [1.807, 2.05) is 13.8 Å². The second kappa shape index (κ2) is 7.09. The van der Waals surface area contributed by atoms with Crippen LogP contribution in [0.4, 0.5) is 5.69 Å². The minimum atomic E-state index is -1.03. The zero-order valence-electron chi connectivity index (χ0n) is 14.3. The van der Waals surface area contributed by atoms with Crippen molar-refractivity contribution in [3.8, 4) is 0 Å². The summed E-state index contributed by atoms with van der Waals surface area (Å²) in [7, 11) is 0. The third-order valence-electron chi connectivity index (χ3n) is 4.01. The lowest BCUT2D eigenvalue weighted by Crippen LogP contribution is -2.19. The number of fused-ring (bicyclic) bond motifs is 1. The summed E-state index contributed by atoms with van der Waals surface area (Å²) in [4.78, 5) is 44.2. The van der Waals surface area contributed by atoms with Crippen molar-refractivity contribution in [2.45, 2.75) is 26.7 Å². The first kappa shape index (κ1) is 17.8. The molecule has 3 rings (SSSR count). The van der Waals surface area contributed by atoms with E-state index in [1.165, 1.54) is 35.6 Å². The molecule has 2 heterocycles. The highest BCUT2D eigenvalue weighted by Crippen LogP contribution is 2.27.